The van der Waals surface area contributed by atoms with Crippen molar-refractivity contribution in [3.05, 3.63) is 81.7 Å². The second kappa shape index (κ2) is 7.73. The predicted octanol–water partition coefficient (Wildman–Crippen LogP) is 3.50. The largest absolute Gasteiger partial charge is 0.451 e. The number of fused-ring (bicyclic) bond motifs is 2. The highest BCUT2D eigenvalue weighted by molar-refractivity contribution is 5.93. The highest BCUT2D eigenvalue weighted by Gasteiger charge is 2.33. The van der Waals surface area contributed by atoms with Gasteiger partial charge in [-0.05, 0) is 55.5 Å². The van der Waals surface area contributed by atoms with Crippen molar-refractivity contribution in [2.45, 2.75) is 37.8 Å². The fraction of sp³-hybridized carbons (Fsp3) is 0.360. The molecule has 2 aromatic carbocycles. The van der Waals surface area contributed by atoms with E-state index in [1.54, 1.807) is 23.1 Å². The summed E-state index contributed by atoms with van der Waals surface area (Å²) < 4.78 is 5.78. The standard InChI is InChI=1S/C25H26N2O3/c1-26(25(29)24-15-22(28)21-10-4-5-11-23(21)30-24)19-9-6-12-27(16-19)20-13-17-7-2-3-8-18(17)14-20/h2-5,7-8,10-11,15,19-20H,6,9,12-14,16H2,1H3/t19-/m0/s1. The molecule has 2 heterocycles. The Hall–Kier alpha value is -2.92. The SMILES string of the molecule is CN(C(=O)c1cc(=O)c2ccccc2o1)[C@H]1CCCN(C2Cc3ccccc3C2)C1. The number of piperidine rings is 1. The lowest BCUT2D eigenvalue weighted by Gasteiger charge is -2.40. The van der Waals surface area contributed by atoms with E-state index in [-0.39, 0.29) is 23.1 Å². The van der Waals surface area contributed by atoms with Gasteiger partial charge < -0.3 is 9.32 Å². The van der Waals surface area contributed by atoms with Gasteiger partial charge in [0.15, 0.2) is 11.2 Å². The highest BCUT2D eigenvalue weighted by Crippen LogP contribution is 2.28. The molecule has 1 aliphatic carbocycles. The van der Waals surface area contributed by atoms with Crippen molar-refractivity contribution in [1.29, 1.82) is 0 Å². The van der Waals surface area contributed by atoms with Crippen LogP contribution in [0.1, 0.15) is 34.5 Å². The van der Waals surface area contributed by atoms with E-state index < -0.39 is 0 Å². The number of likely N-dealkylation sites (tertiary alicyclic amines) is 1. The van der Waals surface area contributed by atoms with Gasteiger partial charge in [-0.15, -0.1) is 0 Å². The summed E-state index contributed by atoms with van der Waals surface area (Å²) in [5.41, 5.74) is 3.18. The maximum Gasteiger partial charge on any atom is 0.289 e. The molecule has 3 aromatic rings. The van der Waals surface area contributed by atoms with Crippen LogP contribution in [0.25, 0.3) is 11.0 Å². The molecular weight excluding hydrogens is 376 g/mol. The van der Waals surface area contributed by atoms with Crippen LogP contribution in [-0.4, -0.2) is 47.9 Å². The molecular formula is C25H26N2O3. The fourth-order valence-corrected chi connectivity index (χ4v) is 4.97. The Balaban J connectivity index is 1.32. The third-order valence-corrected chi connectivity index (χ3v) is 6.69. The average Bonchev–Trinajstić information content (AvgIpc) is 3.22. The Labute approximate surface area is 175 Å². The smallest absolute Gasteiger partial charge is 0.289 e. The average molecular weight is 402 g/mol. The van der Waals surface area contributed by atoms with Crippen molar-refractivity contribution in [2.24, 2.45) is 0 Å². The van der Waals surface area contributed by atoms with E-state index in [1.807, 2.05) is 13.1 Å². The molecule has 2 aliphatic rings. The lowest BCUT2D eigenvalue weighted by molar-refractivity contribution is 0.0529. The molecule has 0 radical (unpaired) electrons. The van der Waals surface area contributed by atoms with Crippen LogP contribution < -0.4 is 5.43 Å². The van der Waals surface area contributed by atoms with Gasteiger partial charge in [0.25, 0.3) is 5.91 Å². The summed E-state index contributed by atoms with van der Waals surface area (Å²) in [6.45, 7) is 1.93. The topological polar surface area (TPSA) is 53.8 Å². The zero-order valence-corrected chi connectivity index (χ0v) is 17.2. The van der Waals surface area contributed by atoms with Crippen molar-refractivity contribution in [3.8, 4) is 0 Å². The fourth-order valence-electron chi connectivity index (χ4n) is 4.97. The van der Waals surface area contributed by atoms with Gasteiger partial charge in [0.05, 0.1) is 5.39 Å². The van der Waals surface area contributed by atoms with Gasteiger partial charge in [-0.2, -0.15) is 0 Å². The molecule has 1 aromatic heterocycles. The first-order valence-electron chi connectivity index (χ1n) is 10.7. The number of carbonyl (C=O) groups excluding carboxylic acids is 1. The number of nitrogens with zero attached hydrogens (tertiary/aromatic N) is 2. The lowest BCUT2D eigenvalue weighted by Crippen LogP contribution is -2.51. The van der Waals surface area contributed by atoms with Crippen LogP contribution in [0.3, 0.4) is 0 Å². The summed E-state index contributed by atoms with van der Waals surface area (Å²) in [7, 11) is 1.83. The second-order valence-electron chi connectivity index (χ2n) is 8.51. The van der Waals surface area contributed by atoms with Crippen LogP contribution in [0.4, 0.5) is 0 Å². The quantitative estimate of drug-likeness (QED) is 0.673. The Morgan fingerprint density at radius 3 is 2.53 bits per heavy atom. The molecule has 5 heteroatoms. The maximum atomic E-state index is 13.1. The van der Waals surface area contributed by atoms with E-state index in [1.165, 1.54) is 17.2 Å². The lowest BCUT2D eigenvalue weighted by atomic mass is 10.0. The number of para-hydroxylation sites is 1. The Kier molecular flexibility index (Phi) is 4.91. The summed E-state index contributed by atoms with van der Waals surface area (Å²) in [4.78, 5) is 29.8. The third kappa shape index (κ3) is 3.43. The molecule has 0 N–H and O–H groups in total. The summed E-state index contributed by atoms with van der Waals surface area (Å²) in [6, 6.07) is 17.7. The number of hydrogen-bond donors (Lipinski definition) is 0. The normalized spacial score (nSPS) is 19.7. The highest BCUT2D eigenvalue weighted by atomic mass is 16.3. The number of carbonyl (C=O) groups is 1. The van der Waals surface area contributed by atoms with Crippen molar-refractivity contribution in [3.63, 3.8) is 0 Å². The molecule has 1 atom stereocenters. The van der Waals surface area contributed by atoms with Crippen LogP contribution in [-0.2, 0) is 12.8 Å². The van der Waals surface area contributed by atoms with Crippen molar-refractivity contribution in [1.82, 2.24) is 9.80 Å². The molecule has 0 spiro atoms. The minimum atomic E-state index is -0.223. The van der Waals surface area contributed by atoms with E-state index in [9.17, 15) is 9.59 Å². The van der Waals surface area contributed by atoms with Crippen molar-refractivity contribution < 1.29 is 9.21 Å². The van der Waals surface area contributed by atoms with E-state index in [2.05, 4.69) is 29.2 Å². The van der Waals surface area contributed by atoms with Crippen molar-refractivity contribution in [2.75, 3.05) is 20.1 Å². The van der Waals surface area contributed by atoms with Gasteiger partial charge in [-0.1, -0.05) is 36.4 Å². The monoisotopic (exact) mass is 402 g/mol. The first-order chi connectivity index (χ1) is 14.6. The number of likely N-dealkylation sites (N-methyl/N-ethyl adjacent to an activating group) is 1. The predicted molar refractivity (Wildman–Crippen MR) is 117 cm³/mol. The molecule has 0 bridgehead atoms. The van der Waals surface area contributed by atoms with Crippen LogP contribution in [0.2, 0.25) is 0 Å². The van der Waals surface area contributed by atoms with Gasteiger partial charge in [0.1, 0.15) is 5.58 Å². The molecule has 154 valence electrons. The molecule has 0 unspecified atom stereocenters. The van der Waals surface area contributed by atoms with Crippen molar-refractivity contribution >= 4 is 16.9 Å². The van der Waals surface area contributed by atoms with Crippen LogP contribution in [0, 0.1) is 0 Å². The second-order valence-corrected chi connectivity index (χ2v) is 8.51. The molecule has 0 saturated carbocycles. The Morgan fingerprint density at radius 2 is 1.77 bits per heavy atom. The number of benzene rings is 2. The molecule has 1 saturated heterocycles. The number of rotatable bonds is 3. The summed E-state index contributed by atoms with van der Waals surface area (Å²) in [6.07, 6.45) is 4.20. The third-order valence-electron chi connectivity index (χ3n) is 6.69. The maximum absolute atomic E-state index is 13.1. The summed E-state index contributed by atoms with van der Waals surface area (Å²) >= 11 is 0. The van der Waals surface area contributed by atoms with Gasteiger partial charge in [0, 0.05) is 31.7 Å². The first kappa shape index (κ1) is 19.1. The van der Waals surface area contributed by atoms with Gasteiger partial charge in [-0.3, -0.25) is 14.5 Å². The van der Waals surface area contributed by atoms with E-state index in [0.717, 1.165) is 38.8 Å². The molecule has 1 aliphatic heterocycles. The molecule has 30 heavy (non-hydrogen) atoms. The van der Waals surface area contributed by atoms with Gasteiger partial charge in [0.2, 0.25) is 0 Å². The van der Waals surface area contributed by atoms with Crippen LogP contribution >= 0.6 is 0 Å². The van der Waals surface area contributed by atoms with E-state index in [4.69, 9.17) is 4.42 Å². The van der Waals surface area contributed by atoms with E-state index in [0.29, 0.717) is 17.0 Å². The zero-order valence-electron chi connectivity index (χ0n) is 17.2. The van der Waals surface area contributed by atoms with Crippen LogP contribution in [0.5, 0.6) is 0 Å². The minimum Gasteiger partial charge on any atom is -0.451 e. The molecule has 5 rings (SSSR count). The number of hydrogen-bond acceptors (Lipinski definition) is 4. The zero-order chi connectivity index (χ0) is 20.7. The van der Waals surface area contributed by atoms with Gasteiger partial charge >= 0.3 is 0 Å². The van der Waals surface area contributed by atoms with Crippen LogP contribution in [0.15, 0.2) is 63.8 Å². The molecule has 1 amide bonds. The van der Waals surface area contributed by atoms with Gasteiger partial charge in [-0.25, -0.2) is 0 Å². The number of amides is 1. The van der Waals surface area contributed by atoms with E-state index >= 15 is 0 Å². The summed E-state index contributed by atoms with van der Waals surface area (Å²) in [5, 5.41) is 0.501. The molecule has 1 fully saturated rings. The molecule has 5 nitrogen and oxygen atoms in total. The first-order valence-corrected chi connectivity index (χ1v) is 10.7. The summed E-state index contributed by atoms with van der Waals surface area (Å²) in [5.74, 6) is -0.106. The Bertz CT molecular complexity index is 1130. The Morgan fingerprint density at radius 1 is 1.07 bits per heavy atom. The minimum absolute atomic E-state index is 0.117.